The molecule has 172 valence electrons. The van der Waals surface area contributed by atoms with E-state index in [9.17, 15) is 4.79 Å². The molecular weight excluding hydrogens is 406 g/mol. The van der Waals surface area contributed by atoms with Gasteiger partial charge in [-0.3, -0.25) is 14.7 Å². The van der Waals surface area contributed by atoms with Crippen molar-refractivity contribution in [2.45, 2.75) is 44.2 Å². The van der Waals surface area contributed by atoms with Crippen LogP contribution in [0.2, 0.25) is 0 Å². The highest BCUT2D eigenvalue weighted by molar-refractivity contribution is 5.79. The molecule has 3 heterocycles. The van der Waals surface area contributed by atoms with Crippen molar-refractivity contribution in [2.24, 2.45) is 0 Å². The highest BCUT2D eigenvalue weighted by Crippen LogP contribution is 2.28. The highest BCUT2D eigenvalue weighted by Gasteiger charge is 2.30. The molecule has 0 spiro atoms. The number of piperidine rings is 2. The summed E-state index contributed by atoms with van der Waals surface area (Å²) in [5.74, 6) is 2.42. The molecule has 7 nitrogen and oxygen atoms in total. The van der Waals surface area contributed by atoms with Crippen LogP contribution in [0.4, 0.5) is 0 Å². The lowest BCUT2D eigenvalue weighted by Gasteiger charge is -2.41. The van der Waals surface area contributed by atoms with Crippen molar-refractivity contribution in [3.8, 4) is 17.2 Å². The number of hydrogen-bond acceptors (Lipinski definition) is 6. The van der Waals surface area contributed by atoms with Crippen molar-refractivity contribution in [3.05, 3.63) is 48.3 Å². The molecule has 0 saturated carbocycles. The van der Waals surface area contributed by atoms with Gasteiger partial charge in [0.05, 0.1) is 20.6 Å². The Kier molecular flexibility index (Phi) is 7.47. The summed E-state index contributed by atoms with van der Waals surface area (Å²) in [5.41, 5.74) is 0.950. The minimum atomic E-state index is 0.181. The third-order valence-corrected chi connectivity index (χ3v) is 6.57. The van der Waals surface area contributed by atoms with Crippen LogP contribution in [0, 0.1) is 0 Å². The standard InChI is InChI=1S/C25H33N3O4/c1-30-23-4-3-19(17-24(23)31-2)18-25(29)28-13-7-20(8-14-28)27-15-9-22(10-16-27)32-21-5-11-26-12-6-21/h3-6,11-12,17,20,22H,7-10,13-16,18H2,1-2H3. The van der Waals surface area contributed by atoms with Crippen molar-refractivity contribution < 1.29 is 19.0 Å². The van der Waals surface area contributed by atoms with Crippen molar-refractivity contribution >= 4 is 5.91 Å². The number of carbonyl (C=O) groups is 1. The molecule has 0 N–H and O–H groups in total. The molecule has 2 aliphatic rings. The SMILES string of the molecule is COc1ccc(CC(=O)N2CCC(N3CCC(Oc4ccncc4)CC3)CC2)cc1OC. The monoisotopic (exact) mass is 439 g/mol. The molecule has 2 saturated heterocycles. The van der Waals surface area contributed by atoms with Gasteiger partial charge in [0.2, 0.25) is 5.91 Å². The Labute approximate surface area is 190 Å². The third kappa shape index (κ3) is 5.51. The van der Waals surface area contributed by atoms with Crippen LogP contribution >= 0.6 is 0 Å². The fourth-order valence-electron chi connectivity index (χ4n) is 4.73. The molecule has 1 amide bonds. The van der Waals surface area contributed by atoms with Gasteiger partial charge in [0.1, 0.15) is 11.9 Å². The Hall–Kier alpha value is -2.80. The van der Waals surface area contributed by atoms with Gasteiger partial charge in [-0.15, -0.1) is 0 Å². The van der Waals surface area contributed by atoms with E-state index in [0.29, 0.717) is 24.0 Å². The summed E-state index contributed by atoms with van der Waals surface area (Å²) < 4.78 is 16.7. The van der Waals surface area contributed by atoms with Gasteiger partial charge in [-0.25, -0.2) is 0 Å². The van der Waals surface area contributed by atoms with E-state index in [2.05, 4.69) is 9.88 Å². The summed E-state index contributed by atoms with van der Waals surface area (Å²) >= 11 is 0. The van der Waals surface area contributed by atoms with Gasteiger partial charge in [0, 0.05) is 44.6 Å². The Bertz CT molecular complexity index is 876. The van der Waals surface area contributed by atoms with Crippen molar-refractivity contribution in [3.63, 3.8) is 0 Å². The second-order valence-corrected chi connectivity index (χ2v) is 8.51. The van der Waals surface area contributed by atoms with E-state index in [-0.39, 0.29) is 12.0 Å². The lowest BCUT2D eigenvalue weighted by Crippen LogP contribution is -2.50. The number of methoxy groups -OCH3 is 2. The molecule has 32 heavy (non-hydrogen) atoms. The molecule has 0 radical (unpaired) electrons. The maximum Gasteiger partial charge on any atom is 0.226 e. The fraction of sp³-hybridized carbons (Fsp3) is 0.520. The molecule has 2 aromatic rings. The predicted molar refractivity (Wildman–Crippen MR) is 122 cm³/mol. The first-order chi connectivity index (χ1) is 15.7. The van der Waals surface area contributed by atoms with E-state index >= 15 is 0 Å². The lowest BCUT2D eigenvalue weighted by molar-refractivity contribution is -0.132. The summed E-state index contributed by atoms with van der Waals surface area (Å²) in [6.45, 7) is 3.76. The van der Waals surface area contributed by atoms with Crippen molar-refractivity contribution in [1.29, 1.82) is 0 Å². The summed E-state index contributed by atoms with van der Waals surface area (Å²) in [6.07, 6.45) is 8.36. The number of rotatable bonds is 7. The summed E-state index contributed by atoms with van der Waals surface area (Å²) in [6, 6.07) is 10.1. The number of nitrogens with zero attached hydrogens (tertiary/aromatic N) is 3. The van der Waals surface area contributed by atoms with Crippen LogP contribution in [0.5, 0.6) is 17.2 Å². The quantitative estimate of drug-likeness (QED) is 0.660. The lowest BCUT2D eigenvalue weighted by atomic mass is 9.98. The second-order valence-electron chi connectivity index (χ2n) is 8.51. The fourth-order valence-corrected chi connectivity index (χ4v) is 4.73. The minimum Gasteiger partial charge on any atom is -0.493 e. The number of ether oxygens (including phenoxy) is 3. The minimum absolute atomic E-state index is 0.181. The van der Waals surface area contributed by atoms with E-state index < -0.39 is 0 Å². The molecule has 7 heteroatoms. The molecule has 2 aliphatic heterocycles. The van der Waals surface area contributed by atoms with Crippen LogP contribution in [0.3, 0.4) is 0 Å². The largest absolute Gasteiger partial charge is 0.493 e. The zero-order valence-electron chi connectivity index (χ0n) is 19.0. The topological polar surface area (TPSA) is 64.1 Å². The van der Waals surface area contributed by atoms with E-state index in [1.165, 1.54) is 0 Å². The predicted octanol–water partition coefficient (Wildman–Crippen LogP) is 3.18. The first-order valence-corrected chi connectivity index (χ1v) is 11.5. The second kappa shape index (κ2) is 10.7. The molecule has 0 aliphatic carbocycles. The highest BCUT2D eigenvalue weighted by atomic mass is 16.5. The molecular formula is C25H33N3O4. The number of aromatic nitrogens is 1. The zero-order valence-corrected chi connectivity index (χ0v) is 19.0. The number of carbonyl (C=O) groups excluding carboxylic acids is 1. The summed E-state index contributed by atoms with van der Waals surface area (Å²) in [5, 5.41) is 0. The molecule has 1 aromatic carbocycles. The van der Waals surface area contributed by atoms with Gasteiger partial charge in [-0.1, -0.05) is 6.07 Å². The number of hydrogen-bond donors (Lipinski definition) is 0. The third-order valence-electron chi connectivity index (χ3n) is 6.57. The average Bonchev–Trinajstić information content (AvgIpc) is 2.85. The van der Waals surface area contributed by atoms with Crippen LogP contribution < -0.4 is 14.2 Å². The number of benzene rings is 1. The number of likely N-dealkylation sites (tertiary alicyclic amines) is 2. The smallest absolute Gasteiger partial charge is 0.226 e. The van der Waals surface area contributed by atoms with E-state index in [4.69, 9.17) is 14.2 Å². The molecule has 2 fully saturated rings. The van der Waals surface area contributed by atoms with Gasteiger partial charge in [0.15, 0.2) is 11.5 Å². The first kappa shape index (κ1) is 22.4. The van der Waals surface area contributed by atoms with Gasteiger partial charge >= 0.3 is 0 Å². The Morgan fingerprint density at radius 2 is 1.62 bits per heavy atom. The Morgan fingerprint density at radius 1 is 0.938 bits per heavy atom. The van der Waals surface area contributed by atoms with Crippen LogP contribution in [0.25, 0.3) is 0 Å². The zero-order chi connectivity index (χ0) is 22.3. The first-order valence-electron chi connectivity index (χ1n) is 11.5. The van der Waals surface area contributed by atoms with Crippen LogP contribution in [0.15, 0.2) is 42.7 Å². The number of pyridine rings is 1. The molecule has 1 aromatic heterocycles. The van der Waals surface area contributed by atoms with Crippen LogP contribution in [0.1, 0.15) is 31.2 Å². The average molecular weight is 440 g/mol. The van der Waals surface area contributed by atoms with Crippen molar-refractivity contribution in [2.75, 3.05) is 40.4 Å². The van der Waals surface area contributed by atoms with Crippen LogP contribution in [-0.2, 0) is 11.2 Å². The number of amides is 1. The Morgan fingerprint density at radius 3 is 2.28 bits per heavy atom. The normalized spacial score (nSPS) is 18.4. The Balaban J connectivity index is 1.22. The molecule has 4 rings (SSSR count). The van der Waals surface area contributed by atoms with Gasteiger partial charge in [0.25, 0.3) is 0 Å². The molecule has 0 unspecified atom stereocenters. The van der Waals surface area contributed by atoms with Gasteiger partial charge in [-0.05, 0) is 55.5 Å². The van der Waals surface area contributed by atoms with E-state index in [1.54, 1.807) is 26.6 Å². The van der Waals surface area contributed by atoms with Gasteiger partial charge < -0.3 is 19.1 Å². The maximum absolute atomic E-state index is 12.8. The van der Waals surface area contributed by atoms with E-state index in [0.717, 1.165) is 63.2 Å². The molecule has 0 bridgehead atoms. The summed E-state index contributed by atoms with van der Waals surface area (Å²) in [7, 11) is 3.23. The van der Waals surface area contributed by atoms with E-state index in [1.807, 2.05) is 35.2 Å². The van der Waals surface area contributed by atoms with Crippen molar-refractivity contribution in [1.82, 2.24) is 14.8 Å². The summed E-state index contributed by atoms with van der Waals surface area (Å²) in [4.78, 5) is 21.5. The van der Waals surface area contributed by atoms with Crippen LogP contribution in [-0.4, -0.2) is 73.2 Å². The maximum atomic E-state index is 12.8. The molecule has 0 atom stereocenters. The van der Waals surface area contributed by atoms with Gasteiger partial charge in [-0.2, -0.15) is 0 Å².